The van der Waals surface area contributed by atoms with Crippen molar-refractivity contribution >= 4 is 38.5 Å². The van der Waals surface area contributed by atoms with Gasteiger partial charge in [-0.25, -0.2) is 13.1 Å². The van der Waals surface area contributed by atoms with Crippen LogP contribution in [0.25, 0.3) is 0 Å². The Morgan fingerprint density at radius 3 is 2.56 bits per heavy atom. The minimum Gasteiger partial charge on any atom is -0.274 e. The summed E-state index contributed by atoms with van der Waals surface area (Å²) in [5.74, 6) is 0.770. The molecule has 1 N–H and O–H groups in total. The van der Waals surface area contributed by atoms with E-state index in [1.807, 2.05) is 0 Å². The highest BCUT2D eigenvalue weighted by atomic mass is 127. The number of hydrogen-bond donors (Lipinski definition) is 1. The second-order valence-electron chi connectivity index (χ2n) is 11.7. The van der Waals surface area contributed by atoms with E-state index in [2.05, 4.69) is 66.8 Å². The third-order valence-electron chi connectivity index (χ3n) is 9.25. The first kappa shape index (κ1) is 25.9. The molecule has 0 saturated heterocycles. The molecule has 4 nitrogen and oxygen atoms in total. The van der Waals surface area contributed by atoms with Crippen LogP contribution in [0.1, 0.15) is 78.6 Å². The molecule has 0 radical (unpaired) electrons. The number of amides is 1. The fraction of sp³-hybridized carbons (Fsp3) is 0.607. The Morgan fingerprint density at radius 1 is 1.18 bits per heavy atom. The largest absolute Gasteiger partial charge is 0.274 e. The van der Waals surface area contributed by atoms with Crippen LogP contribution in [0.3, 0.4) is 0 Å². The number of fused-ring (bicyclic) bond motifs is 3. The van der Waals surface area contributed by atoms with E-state index in [-0.39, 0.29) is 27.6 Å². The molecule has 2 saturated carbocycles. The van der Waals surface area contributed by atoms with Crippen LogP contribution < -0.4 is 4.72 Å². The maximum atomic E-state index is 12.7. The van der Waals surface area contributed by atoms with Gasteiger partial charge in [-0.05, 0) is 120 Å². The predicted molar refractivity (Wildman–Crippen MR) is 146 cm³/mol. The Bertz CT molecular complexity index is 1100. The Kier molecular flexibility index (Phi) is 7.15. The first-order valence-electron chi connectivity index (χ1n) is 12.6. The number of halogens is 1. The smallest absolute Gasteiger partial charge is 0.264 e. The normalized spacial score (nSPS) is 35.5. The molecule has 0 heterocycles. The van der Waals surface area contributed by atoms with Crippen molar-refractivity contribution in [3.8, 4) is 0 Å². The zero-order valence-electron chi connectivity index (χ0n) is 20.7. The highest BCUT2D eigenvalue weighted by Gasteiger charge is 2.54. The van der Waals surface area contributed by atoms with Gasteiger partial charge in [0.25, 0.3) is 10.0 Å². The van der Waals surface area contributed by atoms with E-state index in [4.69, 9.17) is 0 Å². The molecule has 34 heavy (non-hydrogen) atoms. The number of sulfonamides is 1. The van der Waals surface area contributed by atoms with E-state index < -0.39 is 15.9 Å². The van der Waals surface area contributed by atoms with Crippen LogP contribution in [0, 0.1) is 31.7 Å². The molecule has 3 aliphatic carbocycles. The van der Waals surface area contributed by atoms with Gasteiger partial charge in [-0.15, -0.1) is 6.58 Å². The molecule has 0 bridgehead atoms. The summed E-state index contributed by atoms with van der Waals surface area (Å²) in [5, 5.41) is 0. The van der Waals surface area contributed by atoms with E-state index in [1.54, 1.807) is 29.8 Å². The van der Waals surface area contributed by atoms with Crippen LogP contribution in [0.5, 0.6) is 0 Å². The topological polar surface area (TPSA) is 63.2 Å². The van der Waals surface area contributed by atoms with Crippen molar-refractivity contribution < 1.29 is 13.2 Å². The second kappa shape index (κ2) is 9.38. The molecule has 2 fully saturated rings. The van der Waals surface area contributed by atoms with Gasteiger partial charge in [0.1, 0.15) is 0 Å². The Morgan fingerprint density at radius 2 is 1.88 bits per heavy atom. The first-order valence-corrected chi connectivity index (χ1v) is 15.1. The first-order chi connectivity index (χ1) is 15.9. The van der Waals surface area contributed by atoms with Crippen LogP contribution in [0.4, 0.5) is 0 Å². The SMILES string of the molecule is C=C[C@@]1(C)CC=C2C(CCC3[C@](C)(CCC(=O)NS(=O)(=O)c4ccc(I)cc4)CCC[C@@]23C)C1. The van der Waals surface area contributed by atoms with Gasteiger partial charge in [0.2, 0.25) is 5.91 Å². The van der Waals surface area contributed by atoms with Gasteiger partial charge in [0.05, 0.1) is 4.90 Å². The molecule has 5 atom stereocenters. The standard InChI is InChI=1S/C28H38INO3S/c1-5-26(2)17-13-23-20(19-26)7-12-24-27(3,15-6-16-28(23,24)4)18-14-25(31)30-34(32,33)22-10-8-21(29)9-11-22/h5,8-11,13,20,24H,1,6-7,12,14-19H2,2-4H3,(H,30,31)/t20?,24?,26-,27-,28-/m0/s1. The lowest BCUT2D eigenvalue weighted by molar-refractivity contribution is -0.121. The quantitative estimate of drug-likeness (QED) is 0.284. The summed E-state index contributed by atoms with van der Waals surface area (Å²) < 4.78 is 28.6. The number of rotatable bonds is 6. The molecule has 186 valence electrons. The van der Waals surface area contributed by atoms with Gasteiger partial charge < -0.3 is 0 Å². The van der Waals surface area contributed by atoms with Crippen LogP contribution in [-0.2, 0) is 14.8 Å². The molecule has 1 amide bonds. The lowest BCUT2D eigenvalue weighted by Crippen LogP contribution is -2.50. The summed E-state index contributed by atoms with van der Waals surface area (Å²) in [4.78, 5) is 12.9. The van der Waals surface area contributed by atoms with Gasteiger partial charge in [0.15, 0.2) is 0 Å². The summed E-state index contributed by atoms with van der Waals surface area (Å²) in [5.41, 5.74) is 2.08. The van der Waals surface area contributed by atoms with Crippen molar-refractivity contribution in [3.05, 3.63) is 52.1 Å². The molecule has 4 rings (SSSR count). The van der Waals surface area contributed by atoms with Crippen LogP contribution in [0.15, 0.2) is 53.5 Å². The zero-order valence-corrected chi connectivity index (χ0v) is 23.7. The van der Waals surface area contributed by atoms with Gasteiger partial charge in [-0.3, -0.25) is 4.79 Å². The van der Waals surface area contributed by atoms with Crippen molar-refractivity contribution in [2.45, 2.75) is 83.5 Å². The van der Waals surface area contributed by atoms with Crippen molar-refractivity contribution in [3.63, 3.8) is 0 Å². The molecule has 1 aromatic rings. The summed E-state index contributed by atoms with van der Waals surface area (Å²) in [6.07, 6.45) is 13.8. The molecule has 2 unspecified atom stereocenters. The minimum atomic E-state index is -3.83. The van der Waals surface area contributed by atoms with Crippen molar-refractivity contribution in [1.82, 2.24) is 4.72 Å². The number of allylic oxidation sites excluding steroid dienone is 3. The highest BCUT2D eigenvalue weighted by Crippen LogP contribution is 2.64. The van der Waals surface area contributed by atoms with Crippen molar-refractivity contribution in [1.29, 1.82) is 0 Å². The number of benzene rings is 1. The van der Waals surface area contributed by atoms with E-state index in [0.717, 1.165) is 29.3 Å². The van der Waals surface area contributed by atoms with E-state index in [9.17, 15) is 13.2 Å². The lowest BCUT2D eigenvalue weighted by Gasteiger charge is -2.59. The van der Waals surface area contributed by atoms with Gasteiger partial charge >= 0.3 is 0 Å². The minimum absolute atomic E-state index is 0.0436. The fourth-order valence-electron chi connectivity index (χ4n) is 7.32. The molecule has 0 spiro atoms. The van der Waals surface area contributed by atoms with Crippen LogP contribution >= 0.6 is 22.6 Å². The predicted octanol–water partition coefficient (Wildman–Crippen LogP) is 7.01. The molecule has 1 aromatic carbocycles. The zero-order chi connectivity index (χ0) is 24.8. The fourth-order valence-corrected chi connectivity index (χ4v) is 8.69. The maximum absolute atomic E-state index is 12.7. The third kappa shape index (κ3) is 4.91. The highest BCUT2D eigenvalue weighted by molar-refractivity contribution is 14.1. The molecule has 0 aromatic heterocycles. The monoisotopic (exact) mass is 595 g/mol. The average Bonchev–Trinajstić information content (AvgIpc) is 2.77. The molecule has 0 aliphatic heterocycles. The average molecular weight is 596 g/mol. The summed E-state index contributed by atoms with van der Waals surface area (Å²) in [6.45, 7) is 11.2. The third-order valence-corrected chi connectivity index (χ3v) is 11.4. The Hall–Kier alpha value is -1.15. The Balaban J connectivity index is 1.46. The molecule has 6 heteroatoms. The van der Waals surface area contributed by atoms with Gasteiger partial charge in [-0.2, -0.15) is 0 Å². The van der Waals surface area contributed by atoms with E-state index >= 15 is 0 Å². The summed E-state index contributed by atoms with van der Waals surface area (Å²) in [6, 6.07) is 6.55. The van der Waals surface area contributed by atoms with Crippen LogP contribution in [-0.4, -0.2) is 14.3 Å². The van der Waals surface area contributed by atoms with Gasteiger partial charge in [-0.1, -0.05) is 44.9 Å². The molecular formula is C28H38INO3S. The Labute approximate surface area is 219 Å². The van der Waals surface area contributed by atoms with Crippen molar-refractivity contribution in [2.24, 2.45) is 28.1 Å². The number of carbonyl (C=O) groups excluding carboxylic acids is 1. The molecule has 3 aliphatic rings. The lowest BCUT2D eigenvalue weighted by atomic mass is 9.45. The van der Waals surface area contributed by atoms with E-state index in [1.165, 1.54) is 25.7 Å². The molecular weight excluding hydrogens is 557 g/mol. The van der Waals surface area contributed by atoms with Crippen molar-refractivity contribution in [2.75, 3.05) is 0 Å². The number of hydrogen-bond acceptors (Lipinski definition) is 3. The number of nitrogens with one attached hydrogen (secondary N) is 1. The maximum Gasteiger partial charge on any atom is 0.264 e. The van der Waals surface area contributed by atoms with E-state index in [0.29, 0.717) is 11.8 Å². The summed E-state index contributed by atoms with van der Waals surface area (Å²) in [7, 11) is -3.83. The number of carbonyl (C=O) groups is 1. The van der Waals surface area contributed by atoms with Gasteiger partial charge in [0, 0.05) is 9.99 Å². The summed E-state index contributed by atoms with van der Waals surface area (Å²) >= 11 is 2.13. The second-order valence-corrected chi connectivity index (χ2v) is 14.6. The van der Waals surface area contributed by atoms with Crippen LogP contribution in [0.2, 0.25) is 0 Å².